The zero-order valence-electron chi connectivity index (χ0n) is 12.0. The van der Waals surface area contributed by atoms with E-state index in [1.807, 2.05) is 9.80 Å². The van der Waals surface area contributed by atoms with Crippen LogP contribution in [-0.2, 0) is 4.79 Å². The summed E-state index contributed by atoms with van der Waals surface area (Å²) < 4.78 is 0. The van der Waals surface area contributed by atoms with Crippen molar-refractivity contribution >= 4 is 17.3 Å². The van der Waals surface area contributed by atoms with Crippen LogP contribution in [0.4, 0.5) is 11.4 Å². The normalized spacial score (nSPS) is 20.4. The second-order valence-corrected chi connectivity index (χ2v) is 5.77. The molecule has 21 heavy (non-hydrogen) atoms. The number of carbonyl (C=O) groups excluding carboxylic acids is 1. The Balaban J connectivity index is 1.52. The molecule has 3 rings (SSSR count). The molecule has 114 valence electrons. The fourth-order valence-electron chi connectivity index (χ4n) is 3.10. The maximum atomic E-state index is 12.1. The van der Waals surface area contributed by atoms with Crippen LogP contribution in [0.3, 0.4) is 0 Å². The second kappa shape index (κ2) is 5.48. The van der Waals surface area contributed by atoms with Gasteiger partial charge in [0.2, 0.25) is 5.91 Å². The van der Waals surface area contributed by atoms with Gasteiger partial charge in [-0.1, -0.05) is 0 Å². The predicted molar refractivity (Wildman–Crippen MR) is 80.2 cm³/mol. The molecule has 2 fully saturated rings. The van der Waals surface area contributed by atoms with Gasteiger partial charge >= 0.3 is 0 Å². The zero-order valence-corrected chi connectivity index (χ0v) is 12.0. The number of rotatable bonds is 3. The van der Waals surface area contributed by atoms with Crippen molar-refractivity contribution in [3.8, 4) is 0 Å². The molecular formula is C14H20N4O3. The molecule has 2 aliphatic rings. The Morgan fingerprint density at radius 2 is 1.57 bits per heavy atom. The number of anilines is 2. The fraction of sp³-hybridized carbons (Fsp3) is 0.643. The van der Waals surface area contributed by atoms with Gasteiger partial charge in [-0.15, -0.1) is 0 Å². The van der Waals surface area contributed by atoms with Gasteiger partial charge in [0, 0.05) is 39.3 Å². The number of nitrogens with zero attached hydrogens (tertiary/aromatic N) is 3. The highest BCUT2D eigenvalue weighted by molar-refractivity contribution is 5.78. The van der Waals surface area contributed by atoms with Crippen LogP contribution in [0.5, 0.6) is 0 Å². The SMILES string of the molecule is Nc1c(N2CCN(CC(=O)N3CCCC3)CC2)c(=O)c1=O. The average molecular weight is 292 g/mol. The van der Waals surface area contributed by atoms with Gasteiger partial charge in [-0.25, -0.2) is 0 Å². The van der Waals surface area contributed by atoms with Crippen LogP contribution in [0.2, 0.25) is 0 Å². The van der Waals surface area contributed by atoms with E-state index in [0.29, 0.717) is 38.4 Å². The Morgan fingerprint density at radius 3 is 2.14 bits per heavy atom. The highest BCUT2D eigenvalue weighted by atomic mass is 16.2. The summed E-state index contributed by atoms with van der Waals surface area (Å²) >= 11 is 0. The van der Waals surface area contributed by atoms with Crippen LogP contribution >= 0.6 is 0 Å². The Hall–Kier alpha value is -1.89. The minimum atomic E-state index is -0.573. The van der Waals surface area contributed by atoms with Gasteiger partial charge in [0.15, 0.2) is 0 Å². The third-order valence-corrected chi connectivity index (χ3v) is 4.43. The molecule has 0 unspecified atom stereocenters. The lowest BCUT2D eigenvalue weighted by molar-refractivity contribution is -0.131. The number of likely N-dealkylation sites (tertiary alicyclic amines) is 1. The van der Waals surface area contributed by atoms with Crippen molar-refractivity contribution in [2.45, 2.75) is 12.8 Å². The predicted octanol–water partition coefficient (Wildman–Crippen LogP) is -1.39. The largest absolute Gasteiger partial charge is 0.394 e. The average Bonchev–Trinajstić information content (AvgIpc) is 3.03. The maximum absolute atomic E-state index is 12.1. The summed E-state index contributed by atoms with van der Waals surface area (Å²) in [4.78, 5) is 40.6. The Kier molecular flexibility index (Phi) is 3.67. The lowest BCUT2D eigenvalue weighted by Crippen LogP contribution is -2.53. The zero-order chi connectivity index (χ0) is 15.0. The van der Waals surface area contributed by atoms with E-state index in [9.17, 15) is 14.4 Å². The number of hydrogen-bond acceptors (Lipinski definition) is 6. The standard InChI is InChI=1S/C14H20N4O3/c15-11-12(14(21)13(11)20)18-7-5-16(6-8-18)9-10(19)17-3-1-2-4-17/h1-9,15H2. The van der Waals surface area contributed by atoms with Crippen LogP contribution in [-0.4, -0.2) is 61.5 Å². The summed E-state index contributed by atoms with van der Waals surface area (Å²) in [6, 6.07) is 0. The highest BCUT2D eigenvalue weighted by Crippen LogP contribution is 2.18. The van der Waals surface area contributed by atoms with E-state index in [0.717, 1.165) is 25.9 Å². The Morgan fingerprint density at radius 1 is 0.952 bits per heavy atom. The Labute approximate surface area is 122 Å². The summed E-state index contributed by atoms with van der Waals surface area (Å²) in [7, 11) is 0. The number of nitrogens with two attached hydrogens (primary N) is 1. The molecular weight excluding hydrogens is 272 g/mol. The van der Waals surface area contributed by atoms with Gasteiger partial charge in [-0.3, -0.25) is 19.3 Å². The lowest BCUT2D eigenvalue weighted by atomic mass is 10.1. The summed E-state index contributed by atoms with van der Waals surface area (Å²) in [5, 5.41) is 0. The molecule has 7 heteroatoms. The number of hydrogen-bond donors (Lipinski definition) is 1. The van der Waals surface area contributed by atoms with Crippen molar-refractivity contribution < 1.29 is 4.79 Å². The van der Waals surface area contributed by atoms with E-state index in [1.54, 1.807) is 0 Å². The molecule has 2 aliphatic heterocycles. The summed E-state index contributed by atoms with van der Waals surface area (Å²) in [5.41, 5.74) is 4.98. The van der Waals surface area contributed by atoms with Crippen molar-refractivity contribution in [2.75, 3.05) is 56.4 Å². The van der Waals surface area contributed by atoms with Crippen LogP contribution < -0.4 is 21.5 Å². The van der Waals surface area contributed by atoms with E-state index in [2.05, 4.69) is 4.90 Å². The van der Waals surface area contributed by atoms with Crippen LogP contribution in [0, 0.1) is 0 Å². The molecule has 1 aromatic rings. The van der Waals surface area contributed by atoms with Crippen LogP contribution in [0.1, 0.15) is 12.8 Å². The van der Waals surface area contributed by atoms with E-state index in [1.165, 1.54) is 0 Å². The number of piperazine rings is 1. The monoisotopic (exact) mass is 292 g/mol. The molecule has 7 nitrogen and oxygen atoms in total. The first-order chi connectivity index (χ1) is 10.1. The van der Waals surface area contributed by atoms with Gasteiger partial charge in [0.1, 0.15) is 11.4 Å². The van der Waals surface area contributed by atoms with Crippen LogP contribution in [0.15, 0.2) is 9.59 Å². The molecule has 1 aromatic carbocycles. The van der Waals surface area contributed by atoms with E-state index in [4.69, 9.17) is 5.73 Å². The molecule has 0 bridgehead atoms. The maximum Gasteiger partial charge on any atom is 0.253 e. The minimum Gasteiger partial charge on any atom is -0.394 e. The number of amides is 1. The van der Waals surface area contributed by atoms with Crippen molar-refractivity contribution in [3.63, 3.8) is 0 Å². The smallest absolute Gasteiger partial charge is 0.253 e. The van der Waals surface area contributed by atoms with Gasteiger partial charge in [-0.2, -0.15) is 0 Å². The van der Waals surface area contributed by atoms with Gasteiger partial charge in [0.25, 0.3) is 10.9 Å². The van der Waals surface area contributed by atoms with Crippen molar-refractivity contribution in [2.24, 2.45) is 0 Å². The molecule has 0 aromatic heterocycles. The highest BCUT2D eigenvalue weighted by Gasteiger charge is 2.28. The summed E-state index contributed by atoms with van der Waals surface area (Å²) in [6.45, 7) is 4.85. The molecule has 0 radical (unpaired) electrons. The minimum absolute atomic E-state index is 0.0848. The molecule has 2 saturated heterocycles. The third kappa shape index (κ3) is 2.53. The summed E-state index contributed by atoms with van der Waals surface area (Å²) in [6.07, 6.45) is 2.20. The first-order valence-corrected chi connectivity index (χ1v) is 7.42. The van der Waals surface area contributed by atoms with Crippen molar-refractivity contribution in [1.82, 2.24) is 9.80 Å². The van der Waals surface area contributed by atoms with Crippen molar-refractivity contribution in [3.05, 3.63) is 20.4 Å². The molecule has 0 aliphatic carbocycles. The van der Waals surface area contributed by atoms with Crippen LogP contribution in [0.25, 0.3) is 0 Å². The van der Waals surface area contributed by atoms with Gasteiger partial charge in [0.05, 0.1) is 6.54 Å². The Bertz CT molecular complexity index is 606. The topological polar surface area (TPSA) is 86.9 Å². The fourth-order valence-corrected chi connectivity index (χ4v) is 3.10. The summed E-state index contributed by atoms with van der Waals surface area (Å²) in [5.74, 6) is 0.189. The quantitative estimate of drug-likeness (QED) is 0.690. The first kappa shape index (κ1) is 14.1. The first-order valence-electron chi connectivity index (χ1n) is 7.42. The molecule has 1 amide bonds. The molecule has 0 spiro atoms. The lowest BCUT2D eigenvalue weighted by Gasteiger charge is -2.36. The molecule has 0 atom stereocenters. The second-order valence-electron chi connectivity index (χ2n) is 5.77. The number of nitrogen functional groups attached to an aromatic ring is 1. The molecule has 0 saturated carbocycles. The molecule has 2 N–H and O–H groups in total. The molecule has 2 heterocycles. The number of carbonyl (C=O) groups is 1. The van der Waals surface area contributed by atoms with E-state index < -0.39 is 10.9 Å². The van der Waals surface area contributed by atoms with Gasteiger partial charge < -0.3 is 15.5 Å². The van der Waals surface area contributed by atoms with E-state index in [-0.39, 0.29) is 11.6 Å². The van der Waals surface area contributed by atoms with Gasteiger partial charge in [-0.05, 0) is 12.8 Å². The van der Waals surface area contributed by atoms with E-state index >= 15 is 0 Å². The third-order valence-electron chi connectivity index (χ3n) is 4.43. The van der Waals surface area contributed by atoms with Crippen molar-refractivity contribution in [1.29, 1.82) is 0 Å².